The Morgan fingerprint density at radius 2 is 1.66 bits per heavy atom. The molecule has 2 amide bonds. The van der Waals surface area contributed by atoms with Gasteiger partial charge >= 0.3 is 0 Å². The summed E-state index contributed by atoms with van der Waals surface area (Å²) in [4.78, 5) is 34.7. The van der Waals surface area contributed by atoms with Gasteiger partial charge in [0, 0.05) is 48.0 Å². The number of imide groups is 1. The molecule has 0 spiro atoms. The lowest BCUT2D eigenvalue weighted by Gasteiger charge is -2.36. The van der Waals surface area contributed by atoms with Gasteiger partial charge in [-0.15, -0.1) is 11.3 Å². The van der Waals surface area contributed by atoms with Crippen molar-refractivity contribution in [3.8, 4) is 0 Å². The maximum atomic E-state index is 14.1. The van der Waals surface area contributed by atoms with Gasteiger partial charge in [-0.25, -0.2) is 4.39 Å². The summed E-state index contributed by atoms with van der Waals surface area (Å²) in [6.07, 6.45) is 0. The molecule has 5 nitrogen and oxygen atoms in total. The Morgan fingerprint density at radius 1 is 0.875 bits per heavy atom. The number of hydrogen-bond donors (Lipinski definition) is 0. The van der Waals surface area contributed by atoms with Gasteiger partial charge in [0.1, 0.15) is 5.82 Å². The summed E-state index contributed by atoms with van der Waals surface area (Å²) in [6, 6.07) is 16.0. The van der Waals surface area contributed by atoms with Crippen LogP contribution in [0.5, 0.6) is 0 Å². The topological polar surface area (TPSA) is 43.9 Å². The van der Waals surface area contributed by atoms with E-state index >= 15 is 0 Å². The molecule has 2 aliphatic heterocycles. The molecule has 0 aliphatic carbocycles. The lowest BCUT2D eigenvalue weighted by Crippen LogP contribution is -2.46. The molecule has 3 aromatic rings. The van der Waals surface area contributed by atoms with Crippen LogP contribution in [0.1, 0.15) is 36.0 Å². The number of rotatable bonds is 5. The number of carbonyl (C=O) groups excluding carboxylic acids is 2. The quantitative estimate of drug-likeness (QED) is 0.545. The third-order valence-corrected chi connectivity index (χ3v) is 7.14. The van der Waals surface area contributed by atoms with Crippen molar-refractivity contribution in [2.75, 3.05) is 31.1 Å². The molecule has 0 N–H and O–H groups in total. The molecule has 1 saturated heterocycles. The number of halogens is 1. The molecule has 5 rings (SSSR count). The second kappa shape index (κ2) is 8.48. The Hall–Kier alpha value is -3.03. The molecule has 0 unspecified atom stereocenters. The summed E-state index contributed by atoms with van der Waals surface area (Å²) < 4.78 is 14.1. The molecule has 7 heteroatoms. The van der Waals surface area contributed by atoms with Crippen molar-refractivity contribution in [1.29, 1.82) is 0 Å². The normalized spacial score (nSPS) is 16.7. The van der Waals surface area contributed by atoms with Gasteiger partial charge in [-0.1, -0.05) is 24.3 Å². The van der Waals surface area contributed by atoms with E-state index in [4.69, 9.17) is 0 Å². The summed E-state index contributed by atoms with van der Waals surface area (Å²) in [6.45, 7) is 6.35. The SMILES string of the molecule is Cc1ccc(CN2CCN(c3cccc4c3C(=O)N(Cc3ccccc3F)C4=O)CC2)s1. The predicted molar refractivity (Wildman–Crippen MR) is 124 cm³/mol. The molecule has 0 radical (unpaired) electrons. The number of piperazine rings is 1. The van der Waals surface area contributed by atoms with E-state index in [0.29, 0.717) is 16.7 Å². The summed E-state index contributed by atoms with van der Waals surface area (Å²) in [5.74, 6) is -1.12. The van der Waals surface area contributed by atoms with Crippen molar-refractivity contribution in [2.24, 2.45) is 0 Å². The fourth-order valence-electron chi connectivity index (χ4n) is 4.46. The van der Waals surface area contributed by atoms with Crippen molar-refractivity contribution in [1.82, 2.24) is 9.80 Å². The number of benzene rings is 2. The number of anilines is 1. The van der Waals surface area contributed by atoms with E-state index in [9.17, 15) is 14.0 Å². The Kier molecular flexibility index (Phi) is 5.53. The van der Waals surface area contributed by atoms with E-state index in [-0.39, 0.29) is 18.4 Å². The van der Waals surface area contributed by atoms with Crippen molar-refractivity contribution >= 4 is 28.8 Å². The highest BCUT2D eigenvalue weighted by Crippen LogP contribution is 2.33. The van der Waals surface area contributed by atoms with Crippen LogP contribution in [0.4, 0.5) is 10.1 Å². The van der Waals surface area contributed by atoms with Crippen LogP contribution in [-0.2, 0) is 13.1 Å². The summed E-state index contributed by atoms with van der Waals surface area (Å²) >= 11 is 1.83. The van der Waals surface area contributed by atoms with Crippen molar-refractivity contribution < 1.29 is 14.0 Å². The van der Waals surface area contributed by atoms with Gasteiger partial charge in [0.2, 0.25) is 0 Å². The fraction of sp³-hybridized carbons (Fsp3) is 0.280. The molecule has 0 saturated carbocycles. The average molecular weight is 450 g/mol. The number of carbonyl (C=O) groups is 2. The molecule has 2 aliphatic rings. The highest BCUT2D eigenvalue weighted by molar-refractivity contribution is 7.11. The molecule has 32 heavy (non-hydrogen) atoms. The minimum absolute atomic E-state index is 0.0630. The molecule has 1 fully saturated rings. The van der Waals surface area contributed by atoms with Gasteiger partial charge in [-0.3, -0.25) is 19.4 Å². The van der Waals surface area contributed by atoms with Gasteiger partial charge in [0.05, 0.1) is 23.4 Å². The second-order valence-electron chi connectivity index (χ2n) is 8.26. The number of aryl methyl sites for hydroxylation is 1. The number of fused-ring (bicyclic) bond motifs is 1. The Bertz CT molecular complexity index is 1180. The summed E-state index contributed by atoms with van der Waals surface area (Å²) in [7, 11) is 0. The van der Waals surface area contributed by atoms with Crippen LogP contribution >= 0.6 is 11.3 Å². The Labute approximate surface area is 190 Å². The van der Waals surface area contributed by atoms with E-state index in [1.54, 1.807) is 24.3 Å². The number of nitrogens with zero attached hydrogens (tertiary/aromatic N) is 3. The predicted octanol–water partition coefficient (Wildman–Crippen LogP) is 4.31. The molecule has 0 atom stereocenters. The van der Waals surface area contributed by atoms with E-state index in [1.807, 2.05) is 23.5 Å². The summed E-state index contributed by atoms with van der Waals surface area (Å²) in [5.41, 5.74) is 1.97. The first kappa shape index (κ1) is 20.8. The lowest BCUT2D eigenvalue weighted by molar-refractivity contribution is 0.0641. The zero-order valence-corrected chi connectivity index (χ0v) is 18.7. The standard InChI is InChI=1S/C25H24FN3O2S/c1-17-9-10-19(32-17)16-27-11-13-28(14-12-27)22-8-4-6-20-23(22)25(31)29(24(20)30)15-18-5-2-3-7-21(18)26/h2-10H,11-16H2,1H3. The molecule has 3 heterocycles. The smallest absolute Gasteiger partial charge is 0.263 e. The second-order valence-corrected chi connectivity index (χ2v) is 9.64. The highest BCUT2D eigenvalue weighted by Gasteiger charge is 2.39. The van der Waals surface area contributed by atoms with Crippen LogP contribution in [-0.4, -0.2) is 47.8 Å². The minimum atomic E-state index is -0.415. The van der Waals surface area contributed by atoms with Crippen LogP contribution in [0.3, 0.4) is 0 Å². The van der Waals surface area contributed by atoms with Crippen LogP contribution in [0.15, 0.2) is 54.6 Å². The largest absolute Gasteiger partial charge is 0.368 e. The van der Waals surface area contributed by atoms with Gasteiger partial charge in [0.25, 0.3) is 11.8 Å². The Balaban J connectivity index is 1.33. The maximum Gasteiger partial charge on any atom is 0.263 e. The maximum absolute atomic E-state index is 14.1. The first-order valence-electron chi connectivity index (χ1n) is 10.8. The zero-order chi connectivity index (χ0) is 22.2. The third kappa shape index (κ3) is 3.82. The van der Waals surface area contributed by atoms with Crippen LogP contribution < -0.4 is 4.90 Å². The summed E-state index contributed by atoms with van der Waals surface area (Å²) in [5, 5.41) is 0. The number of thiophene rings is 1. The van der Waals surface area contributed by atoms with Crippen molar-refractivity contribution in [3.63, 3.8) is 0 Å². The van der Waals surface area contributed by atoms with Gasteiger partial charge in [-0.2, -0.15) is 0 Å². The highest BCUT2D eigenvalue weighted by atomic mass is 32.1. The van der Waals surface area contributed by atoms with Crippen molar-refractivity contribution in [3.05, 3.63) is 86.9 Å². The van der Waals surface area contributed by atoms with Gasteiger partial charge < -0.3 is 4.90 Å². The monoisotopic (exact) mass is 449 g/mol. The number of hydrogen-bond acceptors (Lipinski definition) is 5. The third-order valence-electron chi connectivity index (χ3n) is 6.15. The zero-order valence-electron chi connectivity index (χ0n) is 17.9. The van der Waals surface area contributed by atoms with Crippen molar-refractivity contribution in [2.45, 2.75) is 20.0 Å². The molecule has 164 valence electrons. The van der Waals surface area contributed by atoms with Gasteiger partial charge in [-0.05, 0) is 37.3 Å². The first-order chi connectivity index (χ1) is 15.5. The van der Waals surface area contributed by atoms with Crippen LogP contribution in [0, 0.1) is 12.7 Å². The molecule has 1 aromatic heterocycles. The number of amides is 2. The fourth-order valence-corrected chi connectivity index (χ4v) is 5.39. The molecular formula is C25H24FN3O2S. The average Bonchev–Trinajstić information content (AvgIpc) is 3.31. The molecular weight excluding hydrogens is 425 g/mol. The van der Waals surface area contributed by atoms with Gasteiger partial charge in [0.15, 0.2) is 0 Å². The Morgan fingerprint density at radius 3 is 2.38 bits per heavy atom. The van der Waals surface area contributed by atoms with E-state index in [2.05, 4.69) is 28.9 Å². The molecule has 0 bridgehead atoms. The minimum Gasteiger partial charge on any atom is -0.368 e. The molecule has 2 aromatic carbocycles. The first-order valence-corrected chi connectivity index (χ1v) is 11.6. The van der Waals surface area contributed by atoms with E-state index in [1.165, 1.54) is 15.8 Å². The van der Waals surface area contributed by atoms with Crippen LogP contribution in [0.2, 0.25) is 0 Å². The van der Waals surface area contributed by atoms with Crippen LogP contribution in [0.25, 0.3) is 0 Å². The van der Waals surface area contributed by atoms with E-state index < -0.39 is 5.82 Å². The lowest BCUT2D eigenvalue weighted by atomic mass is 10.1. The van der Waals surface area contributed by atoms with E-state index in [0.717, 1.165) is 43.3 Å².